The first-order chi connectivity index (χ1) is 9.99. The number of nitrogens with one attached hydrogen (secondary N) is 1. The van der Waals surface area contributed by atoms with Gasteiger partial charge in [0.25, 0.3) is 0 Å². The third kappa shape index (κ3) is 3.82. The largest absolute Gasteiger partial charge is 0.332 e. The van der Waals surface area contributed by atoms with Gasteiger partial charge in [-0.15, -0.1) is 0 Å². The van der Waals surface area contributed by atoms with Crippen molar-refractivity contribution in [2.75, 3.05) is 10.2 Å². The molecule has 2 rings (SSSR count). The van der Waals surface area contributed by atoms with E-state index in [4.69, 9.17) is 12.2 Å². The predicted octanol–water partition coefficient (Wildman–Crippen LogP) is 4.92. The van der Waals surface area contributed by atoms with Gasteiger partial charge in [0.1, 0.15) is 0 Å². The lowest BCUT2D eigenvalue weighted by atomic mass is 10.1. The minimum Gasteiger partial charge on any atom is -0.332 e. The lowest BCUT2D eigenvalue weighted by Gasteiger charge is -2.29. The second-order valence-corrected chi connectivity index (χ2v) is 5.92. The Morgan fingerprint density at radius 1 is 1.00 bits per heavy atom. The highest BCUT2D eigenvalue weighted by Crippen LogP contribution is 2.20. The second kappa shape index (κ2) is 6.72. The fraction of sp³-hybridized carbons (Fsp3) is 0.278. The molecule has 110 valence electrons. The van der Waals surface area contributed by atoms with Crippen LogP contribution in [0.3, 0.4) is 0 Å². The molecule has 0 aliphatic heterocycles. The third-order valence-corrected chi connectivity index (χ3v) is 3.83. The zero-order valence-corrected chi connectivity index (χ0v) is 13.9. The minimum absolute atomic E-state index is 0.291. The van der Waals surface area contributed by atoms with Gasteiger partial charge in [-0.3, -0.25) is 0 Å². The summed E-state index contributed by atoms with van der Waals surface area (Å²) in [6, 6.07) is 16.8. The summed E-state index contributed by atoms with van der Waals surface area (Å²) in [5, 5.41) is 4.07. The molecule has 0 heterocycles. The molecule has 0 fully saturated rings. The Bertz CT molecular complexity index is 620. The first-order valence-corrected chi connectivity index (χ1v) is 7.62. The highest BCUT2D eigenvalue weighted by molar-refractivity contribution is 7.80. The molecule has 2 aromatic rings. The second-order valence-electron chi connectivity index (χ2n) is 5.53. The van der Waals surface area contributed by atoms with Gasteiger partial charge in [-0.05, 0) is 75.3 Å². The standard InChI is InChI=1S/C18H22N2S/c1-13(2)20(17-8-6-5-7-9-17)18(21)19-16-11-10-14(3)15(4)12-16/h5-13H,1-4H3,(H,19,21). The molecular weight excluding hydrogens is 276 g/mol. The summed E-state index contributed by atoms with van der Waals surface area (Å²) in [4.78, 5) is 2.13. The van der Waals surface area contributed by atoms with Crippen LogP contribution >= 0.6 is 12.2 Å². The smallest absolute Gasteiger partial charge is 0.178 e. The highest BCUT2D eigenvalue weighted by Gasteiger charge is 2.15. The number of hydrogen-bond acceptors (Lipinski definition) is 1. The van der Waals surface area contributed by atoms with E-state index < -0.39 is 0 Å². The monoisotopic (exact) mass is 298 g/mol. The maximum Gasteiger partial charge on any atom is 0.178 e. The quantitative estimate of drug-likeness (QED) is 0.810. The van der Waals surface area contributed by atoms with Crippen molar-refractivity contribution in [2.45, 2.75) is 33.7 Å². The molecule has 0 atom stereocenters. The van der Waals surface area contributed by atoms with E-state index in [9.17, 15) is 0 Å². The SMILES string of the molecule is Cc1ccc(NC(=S)N(c2ccccc2)C(C)C)cc1C. The average Bonchev–Trinajstić information content (AvgIpc) is 2.44. The summed E-state index contributed by atoms with van der Waals surface area (Å²) in [7, 11) is 0. The Balaban J connectivity index is 2.21. The van der Waals surface area contributed by atoms with E-state index in [-0.39, 0.29) is 0 Å². The van der Waals surface area contributed by atoms with Crippen molar-refractivity contribution in [1.29, 1.82) is 0 Å². The molecule has 2 aromatic carbocycles. The fourth-order valence-electron chi connectivity index (χ4n) is 2.24. The maximum absolute atomic E-state index is 5.61. The number of benzene rings is 2. The summed E-state index contributed by atoms with van der Waals surface area (Å²) in [6.45, 7) is 8.51. The summed E-state index contributed by atoms with van der Waals surface area (Å²) in [5.74, 6) is 0. The van der Waals surface area contributed by atoms with Crippen molar-refractivity contribution in [3.8, 4) is 0 Å². The molecule has 0 saturated carbocycles. The van der Waals surface area contributed by atoms with Gasteiger partial charge in [0, 0.05) is 17.4 Å². The number of hydrogen-bond donors (Lipinski definition) is 1. The molecule has 0 unspecified atom stereocenters. The first kappa shape index (κ1) is 15.5. The Hall–Kier alpha value is -1.87. The van der Waals surface area contributed by atoms with Crippen LogP contribution in [0, 0.1) is 13.8 Å². The van der Waals surface area contributed by atoms with E-state index in [1.165, 1.54) is 11.1 Å². The van der Waals surface area contributed by atoms with Crippen LogP contribution in [0.2, 0.25) is 0 Å². The van der Waals surface area contributed by atoms with Gasteiger partial charge in [-0.25, -0.2) is 0 Å². The average molecular weight is 298 g/mol. The molecule has 3 heteroatoms. The van der Waals surface area contributed by atoms with Crippen LogP contribution in [-0.2, 0) is 0 Å². The van der Waals surface area contributed by atoms with Crippen molar-refractivity contribution in [3.05, 3.63) is 59.7 Å². The van der Waals surface area contributed by atoms with Crippen LogP contribution in [0.4, 0.5) is 11.4 Å². The zero-order chi connectivity index (χ0) is 15.4. The van der Waals surface area contributed by atoms with Crippen LogP contribution < -0.4 is 10.2 Å². The van der Waals surface area contributed by atoms with Gasteiger partial charge < -0.3 is 10.2 Å². The predicted molar refractivity (Wildman–Crippen MR) is 96.2 cm³/mol. The van der Waals surface area contributed by atoms with Crippen LogP contribution in [0.25, 0.3) is 0 Å². The zero-order valence-electron chi connectivity index (χ0n) is 13.1. The summed E-state index contributed by atoms with van der Waals surface area (Å²) in [5.41, 5.74) is 4.69. The molecule has 2 nitrogen and oxygen atoms in total. The topological polar surface area (TPSA) is 15.3 Å². The molecule has 0 saturated heterocycles. The van der Waals surface area contributed by atoms with E-state index in [0.29, 0.717) is 6.04 Å². The number of anilines is 2. The molecule has 0 radical (unpaired) electrons. The van der Waals surface area contributed by atoms with E-state index in [0.717, 1.165) is 16.5 Å². The number of para-hydroxylation sites is 1. The van der Waals surface area contributed by atoms with Crippen LogP contribution in [-0.4, -0.2) is 11.2 Å². The van der Waals surface area contributed by atoms with Crippen LogP contribution in [0.1, 0.15) is 25.0 Å². The van der Waals surface area contributed by atoms with Crippen molar-refractivity contribution < 1.29 is 0 Å². The summed E-state index contributed by atoms with van der Waals surface area (Å²) < 4.78 is 0. The van der Waals surface area contributed by atoms with Gasteiger partial charge in [0.05, 0.1) is 0 Å². The molecule has 0 aliphatic rings. The molecule has 0 spiro atoms. The van der Waals surface area contributed by atoms with Gasteiger partial charge in [0.15, 0.2) is 5.11 Å². The summed E-state index contributed by atoms with van der Waals surface area (Å²) in [6.07, 6.45) is 0. The first-order valence-electron chi connectivity index (χ1n) is 7.21. The molecule has 1 N–H and O–H groups in total. The van der Waals surface area contributed by atoms with Crippen molar-refractivity contribution in [1.82, 2.24) is 0 Å². The Morgan fingerprint density at radius 3 is 2.24 bits per heavy atom. The highest BCUT2D eigenvalue weighted by atomic mass is 32.1. The van der Waals surface area contributed by atoms with Crippen molar-refractivity contribution in [3.63, 3.8) is 0 Å². The van der Waals surface area contributed by atoms with E-state index in [1.54, 1.807) is 0 Å². The van der Waals surface area contributed by atoms with Gasteiger partial charge >= 0.3 is 0 Å². The fourth-order valence-corrected chi connectivity index (χ4v) is 2.68. The normalized spacial score (nSPS) is 10.5. The van der Waals surface area contributed by atoms with Crippen molar-refractivity contribution >= 4 is 28.7 Å². The molecule has 0 aromatic heterocycles. The molecular formula is C18H22N2S. The molecule has 0 amide bonds. The lowest BCUT2D eigenvalue weighted by Crippen LogP contribution is -2.40. The van der Waals surface area contributed by atoms with E-state index in [1.807, 2.05) is 18.2 Å². The van der Waals surface area contributed by atoms with Gasteiger partial charge in [0.2, 0.25) is 0 Å². The van der Waals surface area contributed by atoms with Crippen molar-refractivity contribution in [2.24, 2.45) is 0 Å². The molecule has 21 heavy (non-hydrogen) atoms. The summed E-state index contributed by atoms with van der Waals surface area (Å²) >= 11 is 5.61. The number of rotatable bonds is 3. The van der Waals surface area contributed by atoms with E-state index >= 15 is 0 Å². The van der Waals surface area contributed by atoms with Gasteiger partial charge in [-0.2, -0.15) is 0 Å². The minimum atomic E-state index is 0.291. The number of thiocarbonyl (C=S) groups is 1. The third-order valence-electron chi connectivity index (χ3n) is 3.53. The number of aryl methyl sites for hydroxylation is 2. The van der Waals surface area contributed by atoms with E-state index in [2.05, 4.69) is 68.2 Å². The Labute approximate surface area is 132 Å². The lowest BCUT2D eigenvalue weighted by molar-refractivity contribution is 0.811. The maximum atomic E-state index is 5.61. The molecule has 0 bridgehead atoms. The van der Waals surface area contributed by atoms with Gasteiger partial charge in [-0.1, -0.05) is 24.3 Å². The molecule has 0 aliphatic carbocycles. The van der Waals surface area contributed by atoms with Crippen LogP contribution in [0.15, 0.2) is 48.5 Å². The Morgan fingerprint density at radius 2 is 1.67 bits per heavy atom. The Kier molecular flexibility index (Phi) is 4.97. The van der Waals surface area contributed by atoms with Crippen LogP contribution in [0.5, 0.6) is 0 Å². The number of nitrogens with zero attached hydrogens (tertiary/aromatic N) is 1.